The molecule has 0 aliphatic carbocycles. The Balaban J connectivity index is 2.06. The predicted octanol–water partition coefficient (Wildman–Crippen LogP) is 5.33. The molecule has 2 aromatic carbocycles. The Bertz CT molecular complexity index is 926. The zero-order chi connectivity index (χ0) is 18.8. The van der Waals surface area contributed by atoms with E-state index < -0.39 is 0 Å². The van der Waals surface area contributed by atoms with Crippen LogP contribution in [0.4, 0.5) is 17.1 Å². The van der Waals surface area contributed by atoms with Gasteiger partial charge in [0.25, 0.3) is 5.69 Å². The van der Waals surface area contributed by atoms with Crippen molar-refractivity contribution in [1.29, 1.82) is 0 Å². The number of nitro benzene ring substituents is 1. The summed E-state index contributed by atoms with van der Waals surface area (Å²) in [5, 5.41) is 14.9. The van der Waals surface area contributed by atoms with Crippen molar-refractivity contribution in [2.24, 2.45) is 0 Å². The van der Waals surface area contributed by atoms with E-state index in [1.165, 1.54) is 12.1 Å². The van der Waals surface area contributed by atoms with Gasteiger partial charge < -0.3 is 9.42 Å². The van der Waals surface area contributed by atoms with Gasteiger partial charge in [-0.05, 0) is 57.0 Å². The minimum absolute atomic E-state index is 0.0889. The number of benzene rings is 2. The Morgan fingerprint density at radius 1 is 1.12 bits per heavy atom. The number of aromatic nitrogens is 1. The minimum Gasteiger partial charge on any atom is -0.361 e. The molecular weight excluding hydrogens is 330 g/mol. The van der Waals surface area contributed by atoms with E-state index in [0.29, 0.717) is 0 Å². The second-order valence-corrected chi connectivity index (χ2v) is 6.22. The van der Waals surface area contributed by atoms with Gasteiger partial charge in [-0.1, -0.05) is 17.3 Å². The van der Waals surface area contributed by atoms with Gasteiger partial charge in [-0.15, -0.1) is 0 Å². The van der Waals surface area contributed by atoms with Crippen LogP contribution in [-0.4, -0.2) is 16.6 Å². The standard InChI is InChI=1S/C20H21N3O3/c1-5-22(17-8-10-18(11-9-17)23(24)25)19-12-16(7-6-13(19)2)20-14(3)21-26-15(20)4/h6-12H,5H2,1-4H3. The van der Waals surface area contributed by atoms with E-state index in [1.807, 2.05) is 13.8 Å². The fourth-order valence-corrected chi connectivity index (χ4v) is 3.20. The summed E-state index contributed by atoms with van der Waals surface area (Å²) in [5.74, 6) is 0.788. The van der Waals surface area contributed by atoms with Crippen LogP contribution < -0.4 is 4.90 Å². The summed E-state index contributed by atoms with van der Waals surface area (Å²) < 4.78 is 5.30. The molecule has 26 heavy (non-hydrogen) atoms. The summed E-state index contributed by atoms with van der Waals surface area (Å²) in [4.78, 5) is 12.6. The summed E-state index contributed by atoms with van der Waals surface area (Å²) in [7, 11) is 0. The SMILES string of the molecule is CCN(c1ccc([N+](=O)[O-])cc1)c1cc(-c2c(C)noc2C)ccc1C. The van der Waals surface area contributed by atoms with Gasteiger partial charge in [-0.25, -0.2) is 0 Å². The molecular formula is C20H21N3O3. The van der Waals surface area contributed by atoms with Gasteiger partial charge in [0.15, 0.2) is 0 Å². The number of nitrogens with zero attached hydrogens (tertiary/aromatic N) is 3. The molecule has 1 heterocycles. The number of anilines is 2. The smallest absolute Gasteiger partial charge is 0.269 e. The van der Waals surface area contributed by atoms with E-state index in [0.717, 1.165) is 46.1 Å². The number of nitro groups is 1. The summed E-state index contributed by atoms with van der Waals surface area (Å²) in [5.41, 5.74) is 6.09. The minimum atomic E-state index is -0.386. The molecule has 0 atom stereocenters. The maximum absolute atomic E-state index is 10.9. The largest absolute Gasteiger partial charge is 0.361 e. The third-order valence-corrected chi connectivity index (χ3v) is 4.51. The van der Waals surface area contributed by atoms with Gasteiger partial charge in [0.05, 0.1) is 10.6 Å². The van der Waals surface area contributed by atoms with Crippen LogP contribution in [0.15, 0.2) is 47.0 Å². The van der Waals surface area contributed by atoms with Crippen LogP contribution in [0.1, 0.15) is 23.9 Å². The third-order valence-electron chi connectivity index (χ3n) is 4.51. The number of hydrogen-bond acceptors (Lipinski definition) is 5. The van der Waals surface area contributed by atoms with E-state index in [4.69, 9.17) is 4.52 Å². The Kier molecular flexibility index (Phi) is 4.75. The van der Waals surface area contributed by atoms with Gasteiger partial charge in [0.2, 0.25) is 0 Å². The van der Waals surface area contributed by atoms with Crippen molar-refractivity contribution < 1.29 is 9.45 Å². The second kappa shape index (κ2) is 7.00. The van der Waals surface area contributed by atoms with Crippen molar-refractivity contribution in [3.05, 3.63) is 69.6 Å². The number of rotatable bonds is 5. The van der Waals surface area contributed by atoms with Crippen molar-refractivity contribution >= 4 is 17.1 Å². The second-order valence-electron chi connectivity index (χ2n) is 6.22. The zero-order valence-corrected chi connectivity index (χ0v) is 15.3. The molecule has 134 valence electrons. The molecule has 0 saturated heterocycles. The van der Waals surface area contributed by atoms with Crippen LogP contribution in [0.2, 0.25) is 0 Å². The molecule has 3 rings (SSSR count). The van der Waals surface area contributed by atoms with Crippen molar-refractivity contribution in [2.75, 3.05) is 11.4 Å². The van der Waals surface area contributed by atoms with Crippen LogP contribution in [0, 0.1) is 30.9 Å². The number of hydrogen-bond donors (Lipinski definition) is 0. The molecule has 0 unspecified atom stereocenters. The average Bonchev–Trinajstić information content (AvgIpc) is 2.96. The molecule has 0 N–H and O–H groups in total. The van der Waals surface area contributed by atoms with Crippen molar-refractivity contribution in [3.63, 3.8) is 0 Å². The lowest BCUT2D eigenvalue weighted by Gasteiger charge is -2.25. The van der Waals surface area contributed by atoms with E-state index in [2.05, 4.69) is 42.1 Å². The van der Waals surface area contributed by atoms with Crippen LogP contribution >= 0.6 is 0 Å². The Hall–Kier alpha value is -3.15. The Morgan fingerprint density at radius 2 is 1.81 bits per heavy atom. The van der Waals surface area contributed by atoms with E-state index in [1.54, 1.807) is 12.1 Å². The molecule has 3 aromatic rings. The summed E-state index contributed by atoms with van der Waals surface area (Å²) in [6.07, 6.45) is 0. The molecule has 0 aliphatic rings. The summed E-state index contributed by atoms with van der Waals surface area (Å²) in [6, 6.07) is 12.9. The highest BCUT2D eigenvalue weighted by Crippen LogP contribution is 2.35. The van der Waals surface area contributed by atoms with Gasteiger partial charge in [-0.2, -0.15) is 0 Å². The first kappa shape index (κ1) is 17.7. The normalized spacial score (nSPS) is 10.8. The molecule has 0 bridgehead atoms. The van der Waals surface area contributed by atoms with E-state index in [-0.39, 0.29) is 10.6 Å². The zero-order valence-electron chi connectivity index (χ0n) is 15.3. The quantitative estimate of drug-likeness (QED) is 0.459. The highest BCUT2D eigenvalue weighted by Gasteiger charge is 2.16. The van der Waals surface area contributed by atoms with E-state index >= 15 is 0 Å². The lowest BCUT2D eigenvalue weighted by molar-refractivity contribution is -0.384. The monoisotopic (exact) mass is 351 g/mol. The topological polar surface area (TPSA) is 72.4 Å². The lowest BCUT2D eigenvalue weighted by atomic mass is 10.0. The lowest BCUT2D eigenvalue weighted by Crippen LogP contribution is -2.17. The molecule has 0 aliphatic heterocycles. The fourth-order valence-electron chi connectivity index (χ4n) is 3.20. The number of non-ortho nitro benzene ring substituents is 1. The van der Waals surface area contributed by atoms with Crippen LogP contribution in [0.5, 0.6) is 0 Å². The summed E-state index contributed by atoms with van der Waals surface area (Å²) in [6.45, 7) is 8.69. The molecule has 0 radical (unpaired) electrons. The first-order valence-electron chi connectivity index (χ1n) is 8.48. The predicted molar refractivity (Wildman–Crippen MR) is 102 cm³/mol. The van der Waals surface area contributed by atoms with Gasteiger partial charge in [-0.3, -0.25) is 10.1 Å². The number of aryl methyl sites for hydroxylation is 3. The summed E-state index contributed by atoms with van der Waals surface area (Å²) >= 11 is 0. The van der Waals surface area contributed by atoms with Gasteiger partial charge in [0.1, 0.15) is 5.76 Å². The first-order chi connectivity index (χ1) is 12.4. The molecule has 6 nitrogen and oxygen atoms in total. The molecule has 0 spiro atoms. The van der Waals surface area contributed by atoms with Crippen molar-refractivity contribution in [1.82, 2.24) is 5.16 Å². The molecule has 1 aromatic heterocycles. The third kappa shape index (κ3) is 3.18. The molecule has 0 fully saturated rings. The molecule has 0 saturated carbocycles. The Morgan fingerprint density at radius 3 is 2.35 bits per heavy atom. The van der Waals surface area contributed by atoms with E-state index in [9.17, 15) is 10.1 Å². The van der Waals surface area contributed by atoms with Crippen LogP contribution in [0.3, 0.4) is 0 Å². The van der Waals surface area contributed by atoms with Crippen LogP contribution in [0.25, 0.3) is 11.1 Å². The molecule has 0 amide bonds. The van der Waals surface area contributed by atoms with Crippen LogP contribution in [-0.2, 0) is 0 Å². The first-order valence-corrected chi connectivity index (χ1v) is 8.48. The highest BCUT2D eigenvalue weighted by atomic mass is 16.6. The van der Waals surface area contributed by atoms with Gasteiger partial charge in [0, 0.05) is 35.6 Å². The van der Waals surface area contributed by atoms with Crippen molar-refractivity contribution in [3.8, 4) is 11.1 Å². The fraction of sp³-hybridized carbons (Fsp3) is 0.250. The maximum atomic E-state index is 10.9. The average molecular weight is 351 g/mol. The Labute approximate surface area is 152 Å². The van der Waals surface area contributed by atoms with Gasteiger partial charge >= 0.3 is 0 Å². The van der Waals surface area contributed by atoms with Crippen molar-refractivity contribution in [2.45, 2.75) is 27.7 Å². The highest BCUT2D eigenvalue weighted by molar-refractivity contribution is 5.76. The molecule has 6 heteroatoms. The maximum Gasteiger partial charge on any atom is 0.269 e.